The first kappa shape index (κ1) is 20.5. The van der Waals surface area contributed by atoms with Gasteiger partial charge in [0, 0.05) is 52.9 Å². The van der Waals surface area contributed by atoms with Gasteiger partial charge in [0.2, 0.25) is 0 Å². The maximum absolute atomic E-state index is 12.7. The third kappa shape index (κ3) is 4.88. The largest absolute Gasteiger partial charge is 0.493 e. The second-order valence-corrected chi connectivity index (χ2v) is 7.30. The summed E-state index contributed by atoms with van der Waals surface area (Å²) in [6.07, 6.45) is 5.20. The van der Waals surface area contributed by atoms with E-state index < -0.39 is 0 Å². The maximum atomic E-state index is 12.7. The molecule has 7 heteroatoms. The number of pyridine rings is 2. The van der Waals surface area contributed by atoms with Crippen LogP contribution < -0.4 is 10.1 Å². The third-order valence-electron chi connectivity index (χ3n) is 5.01. The molecular weight excluding hydrogens is 390 g/mol. The van der Waals surface area contributed by atoms with Gasteiger partial charge in [0.15, 0.2) is 0 Å². The van der Waals surface area contributed by atoms with Crippen LogP contribution in [0.5, 0.6) is 5.75 Å². The van der Waals surface area contributed by atoms with Gasteiger partial charge >= 0.3 is 0 Å². The summed E-state index contributed by atoms with van der Waals surface area (Å²) >= 11 is 0. The fourth-order valence-corrected chi connectivity index (χ4v) is 3.39. The first-order chi connectivity index (χ1) is 15.1. The summed E-state index contributed by atoms with van der Waals surface area (Å²) in [6.45, 7) is 5.03. The first-order valence-corrected chi connectivity index (χ1v) is 10.4. The molecule has 0 saturated heterocycles. The number of aryl methyl sites for hydroxylation is 2. The number of carbonyl (C=O) groups excluding carboxylic acids is 1. The molecule has 0 bridgehead atoms. The molecule has 1 amide bonds. The zero-order chi connectivity index (χ0) is 21.6. The van der Waals surface area contributed by atoms with E-state index in [0.29, 0.717) is 24.2 Å². The van der Waals surface area contributed by atoms with Gasteiger partial charge in [-0.15, -0.1) is 0 Å². The number of fused-ring (bicyclic) bond motifs is 1. The lowest BCUT2D eigenvalue weighted by Gasteiger charge is -2.12. The molecular formula is C24H25N5O2. The number of hydrogen-bond acceptors (Lipinski definition) is 5. The van der Waals surface area contributed by atoms with Gasteiger partial charge in [-0.3, -0.25) is 14.9 Å². The Morgan fingerprint density at radius 1 is 1.16 bits per heavy atom. The molecule has 0 unspecified atom stereocenters. The van der Waals surface area contributed by atoms with Crippen LogP contribution >= 0.6 is 0 Å². The minimum Gasteiger partial charge on any atom is -0.493 e. The molecule has 3 aromatic heterocycles. The van der Waals surface area contributed by atoms with E-state index in [0.717, 1.165) is 46.6 Å². The molecule has 4 rings (SSSR count). The molecule has 31 heavy (non-hydrogen) atoms. The summed E-state index contributed by atoms with van der Waals surface area (Å²) in [5, 5.41) is 10.7. The third-order valence-corrected chi connectivity index (χ3v) is 5.01. The zero-order valence-corrected chi connectivity index (χ0v) is 17.7. The minimum absolute atomic E-state index is 0.117. The maximum Gasteiger partial charge on any atom is 0.251 e. The summed E-state index contributed by atoms with van der Waals surface area (Å²) in [6, 6.07) is 13.3. The van der Waals surface area contributed by atoms with Crippen molar-refractivity contribution < 1.29 is 9.53 Å². The molecule has 0 radical (unpaired) electrons. The van der Waals surface area contributed by atoms with Crippen molar-refractivity contribution in [1.82, 2.24) is 25.5 Å². The Kier molecular flexibility index (Phi) is 6.21. The fraction of sp³-hybridized carbons (Fsp3) is 0.250. The van der Waals surface area contributed by atoms with Gasteiger partial charge in [-0.1, -0.05) is 0 Å². The normalized spacial score (nSPS) is 10.9. The summed E-state index contributed by atoms with van der Waals surface area (Å²) in [4.78, 5) is 21.8. The van der Waals surface area contributed by atoms with E-state index in [4.69, 9.17) is 9.72 Å². The van der Waals surface area contributed by atoms with Crippen molar-refractivity contribution in [3.8, 4) is 17.0 Å². The number of rotatable bonds is 8. The van der Waals surface area contributed by atoms with Crippen LogP contribution in [0.3, 0.4) is 0 Å². The van der Waals surface area contributed by atoms with Crippen molar-refractivity contribution in [3.63, 3.8) is 0 Å². The molecule has 0 atom stereocenters. The lowest BCUT2D eigenvalue weighted by molar-refractivity contribution is 0.0953. The Morgan fingerprint density at radius 3 is 2.81 bits per heavy atom. The monoisotopic (exact) mass is 415 g/mol. The standard InChI is InChI=1S/C24H25N5O2/c1-3-31-23-14-21(18-7-6-16(2)26-15-18)28-22-13-17(8-9-20(22)23)24(30)25-11-4-5-19-10-12-27-29-19/h6-10,12-15H,3-5,11H2,1-2H3,(H,25,30)(H,27,29). The van der Waals surface area contributed by atoms with Crippen LogP contribution in [0.1, 0.15) is 35.1 Å². The van der Waals surface area contributed by atoms with E-state index in [1.807, 2.05) is 56.3 Å². The molecule has 2 N–H and O–H groups in total. The number of ether oxygens (including phenoxy) is 1. The molecule has 158 valence electrons. The second-order valence-electron chi connectivity index (χ2n) is 7.30. The molecule has 4 aromatic rings. The number of nitrogens with zero attached hydrogens (tertiary/aromatic N) is 3. The Hall–Kier alpha value is -3.74. The van der Waals surface area contributed by atoms with E-state index in [9.17, 15) is 4.79 Å². The van der Waals surface area contributed by atoms with Crippen LogP contribution in [0, 0.1) is 6.92 Å². The van der Waals surface area contributed by atoms with Crippen molar-refractivity contribution in [1.29, 1.82) is 0 Å². The van der Waals surface area contributed by atoms with E-state index in [2.05, 4.69) is 20.5 Å². The van der Waals surface area contributed by atoms with Gasteiger partial charge in [0.25, 0.3) is 5.91 Å². The average Bonchev–Trinajstić information content (AvgIpc) is 3.30. The number of benzene rings is 1. The first-order valence-electron chi connectivity index (χ1n) is 10.4. The quantitative estimate of drug-likeness (QED) is 0.423. The number of carbonyl (C=O) groups is 1. The number of aromatic amines is 1. The van der Waals surface area contributed by atoms with Crippen LogP contribution in [-0.2, 0) is 6.42 Å². The number of H-pyrrole nitrogens is 1. The van der Waals surface area contributed by atoms with Crippen LogP contribution in [0.4, 0.5) is 0 Å². The smallest absolute Gasteiger partial charge is 0.251 e. The second kappa shape index (κ2) is 9.38. The summed E-state index contributed by atoms with van der Waals surface area (Å²) in [5.41, 5.74) is 4.96. The minimum atomic E-state index is -0.117. The Morgan fingerprint density at radius 2 is 2.06 bits per heavy atom. The lowest BCUT2D eigenvalue weighted by atomic mass is 10.1. The van der Waals surface area contributed by atoms with Gasteiger partial charge < -0.3 is 10.1 Å². The molecule has 1 aromatic carbocycles. The molecule has 0 aliphatic carbocycles. The molecule has 0 fully saturated rings. The zero-order valence-electron chi connectivity index (χ0n) is 17.7. The highest BCUT2D eigenvalue weighted by Gasteiger charge is 2.12. The highest BCUT2D eigenvalue weighted by atomic mass is 16.5. The number of amides is 1. The van der Waals surface area contributed by atoms with E-state index in [1.54, 1.807) is 12.4 Å². The van der Waals surface area contributed by atoms with Crippen molar-refractivity contribution in [2.45, 2.75) is 26.7 Å². The molecule has 7 nitrogen and oxygen atoms in total. The van der Waals surface area contributed by atoms with E-state index >= 15 is 0 Å². The molecule has 0 aliphatic rings. The SMILES string of the molecule is CCOc1cc(-c2ccc(C)nc2)nc2cc(C(=O)NCCCc3ccn[nH]3)ccc12. The van der Waals surface area contributed by atoms with Crippen LogP contribution in [0.25, 0.3) is 22.2 Å². The number of aromatic nitrogens is 4. The molecule has 0 spiro atoms. The van der Waals surface area contributed by atoms with Crippen molar-refractivity contribution in [2.24, 2.45) is 0 Å². The van der Waals surface area contributed by atoms with Crippen molar-refractivity contribution in [2.75, 3.05) is 13.2 Å². The predicted octanol–water partition coefficient (Wildman–Crippen LogP) is 4.09. The highest BCUT2D eigenvalue weighted by molar-refractivity contribution is 5.99. The van der Waals surface area contributed by atoms with Crippen molar-refractivity contribution >= 4 is 16.8 Å². The number of nitrogens with one attached hydrogen (secondary N) is 2. The topological polar surface area (TPSA) is 92.8 Å². The van der Waals surface area contributed by atoms with Gasteiger partial charge in [-0.25, -0.2) is 4.98 Å². The van der Waals surface area contributed by atoms with Crippen LogP contribution in [-0.4, -0.2) is 39.2 Å². The predicted molar refractivity (Wildman–Crippen MR) is 120 cm³/mol. The van der Waals surface area contributed by atoms with Gasteiger partial charge in [-0.2, -0.15) is 5.10 Å². The van der Waals surface area contributed by atoms with Gasteiger partial charge in [0.1, 0.15) is 5.75 Å². The summed E-state index contributed by atoms with van der Waals surface area (Å²) < 4.78 is 5.85. The van der Waals surface area contributed by atoms with Crippen molar-refractivity contribution in [3.05, 3.63) is 71.8 Å². The Labute approximate surface area is 180 Å². The van der Waals surface area contributed by atoms with E-state index in [-0.39, 0.29) is 5.91 Å². The average molecular weight is 415 g/mol. The number of hydrogen-bond donors (Lipinski definition) is 2. The Bertz CT molecular complexity index is 1170. The van der Waals surface area contributed by atoms with Crippen LogP contribution in [0.15, 0.2) is 54.9 Å². The lowest BCUT2D eigenvalue weighted by Crippen LogP contribution is -2.24. The molecule has 0 aliphatic heterocycles. The summed E-state index contributed by atoms with van der Waals surface area (Å²) in [7, 11) is 0. The van der Waals surface area contributed by atoms with Crippen LogP contribution in [0.2, 0.25) is 0 Å². The van der Waals surface area contributed by atoms with E-state index in [1.165, 1.54) is 0 Å². The summed E-state index contributed by atoms with van der Waals surface area (Å²) in [5.74, 6) is 0.628. The molecule has 3 heterocycles. The molecule has 0 saturated carbocycles. The Balaban J connectivity index is 1.56. The highest BCUT2D eigenvalue weighted by Crippen LogP contribution is 2.30. The van der Waals surface area contributed by atoms with Gasteiger partial charge in [-0.05, 0) is 63.1 Å². The fourth-order valence-electron chi connectivity index (χ4n) is 3.39. The van der Waals surface area contributed by atoms with Gasteiger partial charge in [0.05, 0.1) is 17.8 Å².